The van der Waals surface area contributed by atoms with Crippen molar-refractivity contribution in [2.24, 2.45) is 5.92 Å². The van der Waals surface area contributed by atoms with Crippen molar-refractivity contribution in [2.75, 3.05) is 31.5 Å². The highest BCUT2D eigenvalue weighted by atomic mass is 35.5. The summed E-state index contributed by atoms with van der Waals surface area (Å²) in [7, 11) is 0. The summed E-state index contributed by atoms with van der Waals surface area (Å²) in [5.41, 5.74) is 1.13. The Kier molecular flexibility index (Phi) is 12.0. The van der Waals surface area contributed by atoms with Crippen LogP contribution in [0.15, 0.2) is 30.3 Å². The fourth-order valence-corrected chi connectivity index (χ4v) is 2.49. The van der Waals surface area contributed by atoms with E-state index in [4.69, 9.17) is 0 Å². The summed E-state index contributed by atoms with van der Waals surface area (Å²) in [6, 6.07) is 10.1. The molecule has 1 aliphatic heterocycles. The van der Waals surface area contributed by atoms with Crippen LogP contribution in [0.25, 0.3) is 0 Å². The fraction of sp³-hybridized carbons (Fsp3) is 0.562. The quantitative estimate of drug-likeness (QED) is 0.633. The van der Waals surface area contributed by atoms with Crippen LogP contribution in [0.3, 0.4) is 0 Å². The number of amides is 1. The number of rotatable bonds is 8. The molecule has 0 aromatic heterocycles. The minimum Gasteiger partial charge on any atom is -0.385 e. The predicted octanol–water partition coefficient (Wildman–Crippen LogP) is 2.84. The highest BCUT2D eigenvalue weighted by molar-refractivity contribution is 5.85. The lowest BCUT2D eigenvalue weighted by atomic mass is 10.0. The van der Waals surface area contributed by atoms with Crippen molar-refractivity contribution in [1.82, 2.24) is 10.6 Å². The molecule has 0 radical (unpaired) electrons. The van der Waals surface area contributed by atoms with Crippen LogP contribution in [0.2, 0.25) is 0 Å². The highest BCUT2D eigenvalue weighted by Crippen LogP contribution is 2.13. The zero-order valence-electron chi connectivity index (χ0n) is 12.8. The van der Waals surface area contributed by atoms with Gasteiger partial charge in [-0.15, -0.1) is 24.8 Å². The molecule has 2 rings (SSSR count). The molecular weight excluding hydrogens is 321 g/mol. The largest absolute Gasteiger partial charge is 0.385 e. The zero-order chi connectivity index (χ0) is 14.0. The molecule has 1 aromatic carbocycles. The number of benzene rings is 1. The van der Waals surface area contributed by atoms with Crippen LogP contribution in [0.1, 0.15) is 25.7 Å². The Balaban J connectivity index is 0.00000220. The van der Waals surface area contributed by atoms with Gasteiger partial charge < -0.3 is 16.0 Å². The Morgan fingerprint density at radius 3 is 2.64 bits per heavy atom. The minimum atomic E-state index is 0. The summed E-state index contributed by atoms with van der Waals surface area (Å²) < 4.78 is 0. The van der Waals surface area contributed by atoms with Crippen LogP contribution >= 0.6 is 24.8 Å². The molecule has 1 fully saturated rings. The highest BCUT2D eigenvalue weighted by Gasteiger charge is 2.15. The molecule has 0 bridgehead atoms. The molecule has 126 valence electrons. The first kappa shape index (κ1) is 21.0. The zero-order valence-corrected chi connectivity index (χ0v) is 14.5. The van der Waals surface area contributed by atoms with Crippen molar-refractivity contribution in [3.05, 3.63) is 30.3 Å². The molecule has 1 unspecified atom stereocenters. The Bertz CT molecular complexity index is 398. The molecule has 1 aromatic rings. The van der Waals surface area contributed by atoms with E-state index in [-0.39, 0.29) is 30.7 Å². The number of hydrogen-bond donors (Lipinski definition) is 3. The molecule has 1 amide bonds. The Morgan fingerprint density at radius 1 is 1.18 bits per heavy atom. The van der Waals surface area contributed by atoms with Gasteiger partial charge in [-0.2, -0.15) is 0 Å². The van der Waals surface area contributed by atoms with Crippen molar-refractivity contribution in [3.63, 3.8) is 0 Å². The van der Waals surface area contributed by atoms with Gasteiger partial charge in [0.2, 0.25) is 5.91 Å². The van der Waals surface area contributed by atoms with E-state index in [2.05, 4.69) is 16.0 Å². The summed E-state index contributed by atoms with van der Waals surface area (Å²) in [4.78, 5) is 11.7. The van der Waals surface area contributed by atoms with Crippen molar-refractivity contribution in [3.8, 4) is 0 Å². The normalized spacial score (nSPS) is 16.3. The standard InChI is InChI=1S/C16H25N3O.2ClH/c20-16(8-7-14-9-12-17-13-14)19-11-4-10-18-15-5-2-1-3-6-15;;/h1-3,5-6,14,17-18H,4,7-13H2,(H,19,20);2*1H. The molecule has 4 nitrogen and oxygen atoms in total. The van der Waals surface area contributed by atoms with Gasteiger partial charge in [-0.05, 0) is 50.4 Å². The molecule has 0 spiro atoms. The molecule has 1 aliphatic rings. The first-order valence-corrected chi connectivity index (χ1v) is 7.61. The third-order valence-electron chi connectivity index (χ3n) is 3.72. The molecule has 1 heterocycles. The van der Waals surface area contributed by atoms with Crippen molar-refractivity contribution in [2.45, 2.75) is 25.7 Å². The molecule has 22 heavy (non-hydrogen) atoms. The van der Waals surface area contributed by atoms with E-state index in [1.807, 2.05) is 30.3 Å². The van der Waals surface area contributed by atoms with Crippen molar-refractivity contribution >= 4 is 36.4 Å². The summed E-state index contributed by atoms with van der Waals surface area (Å²) in [6.07, 6.45) is 3.85. The van der Waals surface area contributed by atoms with Crippen LogP contribution < -0.4 is 16.0 Å². The lowest BCUT2D eigenvalue weighted by Crippen LogP contribution is -2.26. The number of anilines is 1. The van der Waals surface area contributed by atoms with E-state index < -0.39 is 0 Å². The van der Waals surface area contributed by atoms with Gasteiger partial charge in [0.1, 0.15) is 0 Å². The SMILES string of the molecule is Cl.Cl.O=C(CCC1CCNC1)NCCCNc1ccccc1. The monoisotopic (exact) mass is 347 g/mol. The van der Waals surface area contributed by atoms with Gasteiger partial charge in [-0.3, -0.25) is 4.79 Å². The molecule has 1 atom stereocenters. The maximum atomic E-state index is 11.7. The van der Waals surface area contributed by atoms with E-state index >= 15 is 0 Å². The molecule has 1 saturated heterocycles. The van der Waals surface area contributed by atoms with Gasteiger partial charge in [-0.1, -0.05) is 18.2 Å². The van der Waals surface area contributed by atoms with Gasteiger partial charge in [0.05, 0.1) is 0 Å². The third-order valence-corrected chi connectivity index (χ3v) is 3.72. The predicted molar refractivity (Wildman–Crippen MR) is 97.3 cm³/mol. The summed E-state index contributed by atoms with van der Waals surface area (Å²) >= 11 is 0. The Hall–Kier alpha value is -0.970. The minimum absolute atomic E-state index is 0. The van der Waals surface area contributed by atoms with Crippen molar-refractivity contribution < 1.29 is 4.79 Å². The van der Waals surface area contributed by atoms with Crippen LogP contribution in [-0.2, 0) is 4.79 Å². The van der Waals surface area contributed by atoms with E-state index in [1.165, 1.54) is 6.42 Å². The second-order valence-corrected chi connectivity index (χ2v) is 5.39. The second kappa shape index (κ2) is 12.6. The molecule has 3 N–H and O–H groups in total. The summed E-state index contributed by atoms with van der Waals surface area (Å²) in [5.74, 6) is 0.886. The Morgan fingerprint density at radius 2 is 1.95 bits per heavy atom. The summed E-state index contributed by atoms with van der Waals surface area (Å²) in [6.45, 7) is 3.82. The summed E-state index contributed by atoms with van der Waals surface area (Å²) in [5, 5.41) is 9.66. The third kappa shape index (κ3) is 8.47. The number of halogens is 2. The number of carbonyl (C=O) groups excluding carboxylic acids is 1. The van der Waals surface area contributed by atoms with Gasteiger partial charge in [0.25, 0.3) is 0 Å². The second-order valence-electron chi connectivity index (χ2n) is 5.39. The average molecular weight is 348 g/mol. The van der Waals surface area contributed by atoms with E-state index in [0.29, 0.717) is 12.3 Å². The first-order valence-electron chi connectivity index (χ1n) is 7.61. The topological polar surface area (TPSA) is 53.2 Å². The van der Waals surface area contributed by atoms with Gasteiger partial charge in [0.15, 0.2) is 0 Å². The van der Waals surface area contributed by atoms with E-state index in [0.717, 1.165) is 44.7 Å². The van der Waals surface area contributed by atoms with Crippen LogP contribution in [0, 0.1) is 5.92 Å². The maximum Gasteiger partial charge on any atom is 0.220 e. The van der Waals surface area contributed by atoms with Gasteiger partial charge in [0, 0.05) is 25.2 Å². The lowest BCUT2D eigenvalue weighted by Gasteiger charge is -2.09. The molecule has 6 heteroatoms. The van der Waals surface area contributed by atoms with Gasteiger partial charge >= 0.3 is 0 Å². The Labute approximate surface area is 145 Å². The molecular formula is C16H27Cl2N3O. The van der Waals surface area contributed by atoms with Gasteiger partial charge in [-0.25, -0.2) is 0 Å². The number of carbonyl (C=O) groups is 1. The van der Waals surface area contributed by atoms with Crippen LogP contribution in [-0.4, -0.2) is 32.1 Å². The van der Waals surface area contributed by atoms with Crippen LogP contribution in [0.4, 0.5) is 5.69 Å². The fourth-order valence-electron chi connectivity index (χ4n) is 2.49. The average Bonchev–Trinajstić information content (AvgIpc) is 2.99. The lowest BCUT2D eigenvalue weighted by molar-refractivity contribution is -0.121. The first-order chi connectivity index (χ1) is 9.84. The molecule has 0 aliphatic carbocycles. The van der Waals surface area contributed by atoms with Crippen molar-refractivity contribution in [1.29, 1.82) is 0 Å². The smallest absolute Gasteiger partial charge is 0.220 e. The van der Waals surface area contributed by atoms with E-state index in [9.17, 15) is 4.79 Å². The van der Waals surface area contributed by atoms with Crippen LogP contribution in [0.5, 0.6) is 0 Å². The molecule has 0 saturated carbocycles. The number of hydrogen-bond acceptors (Lipinski definition) is 3. The number of nitrogens with one attached hydrogen (secondary N) is 3. The van der Waals surface area contributed by atoms with E-state index in [1.54, 1.807) is 0 Å². The number of para-hydroxylation sites is 1. The maximum absolute atomic E-state index is 11.7.